The molecule has 2 saturated heterocycles. The number of rotatable bonds is 3. The Morgan fingerprint density at radius 1 is 1.14 bits per heavy atom. The third-order valence-corrected chi connectivity index (χ3v) is 8.05. The van der Waals surface area contributed by atoms with Gasteiger partial charge in [0, 0.05) is 30.3 Å². The van der Waals surface area contributed by atoms with Gasteiger partial charge in [-0.15, -0.1) is 0 Å². The number of alkyl halides is 1. The first kappa shape index (κ1) is 18.2. The molecule has 2 aliphatic heterocycles. The average molecular weight is 447 g/mol. The van der Waals surface area contributed by atoms with Crippen molar-refractivity contribution in [1.29, 1.82) is 0 Å². The highest BCUT2D eigenvalue weighted by Crippen LogP contribution is 2.60. The van der Waals surface area contributed by atoms with Crippen molar-refractivity contribution in [3.8, 4) is 0 Å². The summed E-state index contributed by atoms with van der Waals surface area (Å²) in [6.07, 6.45) is 4.01. The Morgan fingerprint density at radius 3 is 2.71 bits per heavy atom. The van der Waals surface area contributed by atoms with Gasteiger partial charge in [-0.2, -0.15) is 0 Å². The molecule has 4 fully saturated rings. The number of amides is 2. The van der Waals surface area contributed by atoms with E-state index in [2.05, 4.69) is 21.2 Å². The number of nitrogens with one attached hydrogen (secondary N) is 1. The number of likely N-dealkylation sites (tertiary alicyclic amines) is 1. The standard InChI is InChI=1S/C21H23BrN2O4/c22-17-13-10-14-16(21(27)28-18(14)17)15(13)19(25)23-12-6-4-5-11(9-12)20(26)24-7-2-1-3-8-24/h4-6,9,13-18H,1-3,7-8,10H2,(H,23,25)/t13-,14-,15-,16+,17+,18+/m1/s1. The number of ether oxygens (including phenoxy) is 1. The Morgan fingerprint density at radius 2 is 1.93 bits per heavy atom. The molecule has 0 aromatic heterocycles. The van der Waals surface area contributed by atoms with Gasteiger partial charge in [0.2, 0.25) is 5.91 Å². The van der Waals surface area contributed by atoms with E-state index >= 15 is 0 Å². The normalized spacial score (nSPS) is 35.8. The van der Waals surface area contributed by atoms with Crippen LogP contribution in [0.3, 0.4) is 0 Å². The van der Waals surface area contributed by atoms with Crippen LogP contribution in [0.1, 0.15) is 36.0 Å². The second kappa shape index (κ2) is 6.87. The van der Waals surface area contributed by atoms with Gasteiger partial charge in [-0.05, 0) is 49.8 Å². The van der Waals surface area contributed by atoms with Crippen LogP contribution in [0.25, 0.3) is 0 Å². The monoisotopic (exact) mass is 446 g/mol. The predicted octanol–water partition coefficient (Wildman–Crippen LogP) is 2.82. The number of fused-ring (bicyclic) bond motifs is 1. The van der Waals surface area contributed by atoms with Gasteiger partial charge in [0.05, 0.1) is 16.7 Å². The van der Waals surface area contributed by atoms with E-state index in [1.807, 2.05) is 4.90 Å². The molecular formula is C21H23BrN2O4. The van der Waals surface area contributed by atoms with Crippen LogP contribution in [0.4, 0.5) is 5.69 Å². The van der Waals surface area contributed by atoms with E-state index in [9.17, 15) is 14.4 Å². The van der Waals surface area contributed by atoms with E-state index in [-0.39, 0.29) is 52.4 Å². The van der Waals surface area contributed by atoms with Crippen LogP contribution in [-0.2, 0) is 14.3 Å². The summed E-state index contributed by atoms with van der Waals surface area (Å²) in [5.41, 5.74) is 1.19. The van der Waals surface area contributed by atoms with Gasteiger partial charge in [0.15, 0.2) is 0 Å². The number of hydrogen-bond donors (Lipinski definition) is 1. The molecule has 6 nitrogen and oxygen atoms in total. The minimum atomic E-state index is -0.373. The highest BCUT2D eigenvalue weighted by atomic mass is 79.9. The number of carbonyl (C=O) groups is 3. The number of carbonyl (C=O) groups excluding carboxylic acids is 3. The number of piperidine rings is 1. The van der Waals surface area contributed by atoms with Gasteiger partial charge < -0.3 is 15.0 Å². The molecule has 0 spiro atoms. The Kier molecular flexibility index (Phi) is 4.45. The summed E-state index contributed by atoms with van der Waals surface area (Å²) in [6.45, 7) is 1.58. The molecule has 5 rings (SSSR count). The van der Waals surface area contributed by atoms with E-state index in [0.717, 1.165) is 32.4 Å². The summed E-state index contributed by atoms with van der Waals surface area (Å²) >= 11 is 3.64. The maximum atomic E-state index is 13.0. The Balaban J connectivity index is 1.32. The molecule has 2 bridgehead atoms. The van der Waals surface area contributed by atoms with Crippen molar-refractivity contribution in [1.82, 2.24) is 4.90 Å². The molecule has 2 heterocycles. The number of esters is 1. The van der Waals surface area contributed by atoms with Gasteiger partial charge >= 0.3 is 5.97 Å². The zero-order valence-electron chi connectivity index (χ0n) is 15.5. The van der Waals surface area contributed by atoms with Crippen molar-refractivity contribution in [3.05, 3.63) is 29.8 Å². The van der Waals surface area contributed by atoms with Crippen molar-refractivity contribution < 1.29 is 19.1 Å². The first-order chi connectivity index (χ1) is 13.5. The van der Waals surface area contributed by atoms with Gasteiger partial charge in [-0.25, -0.2) is 0 Å². The minimum absolute atomic E-state index is 0.0125. The lowest BCUT2D eigenvalue weighted by molar-refractivity contribution is -0.145. The van der Waals surface area contributed by atoms with Crippen molar-refractivity contribution in [3.63, 3.8) is 0 Å². The smallest absolute Gasteiger partial charge is 0.310 e. The van der Waals surface area contributed by atoms with E-state index in [0.29, 0.717) is 11.3 Å². The fourth-order valence-corrected chi connectivity index (χ4v) is 6.61. The van der Waals surface area contributed by atoms with Crippen LogP contribution in [0, 0.1) is 23.7 Å². The minimum Gasteiger partial charge on any atom is -0.461 e. The molecule has 0 radical (unpaired) electrons. The summed E-state index contributed by atoms with van der Waals surface area (Å²) in [5, 5.41) is 2.95. The van der Waals surface area contributed by atoms with Crippen molar-refractivity contribution in [2.45, 2.75) is 36.6 Å². The molecule has 1 aromatic carbocycles. The maximum Gasteiger partial charge on any atom is 0.310 e. The van der Waals surface area contributed by atoms with Crippen molar-refractivity contribution in [2.75, 3.05) is 18.4 Å². The molecule has 0 unspecified atom stereocenters. The predicted molar refractivity (Wildman–Crippen MR) is 106 cm³/mol. The number of nitrogens with zero attached hydrogens (tertiary/aromatic N) is 1. The van der Waals surface area contributed by atoms with Gasteiger partial charge in [-0.3, -0.25) is 14.4 Å². The molecule has 2 saturated carbocycles. The first-order valence-corrected chi connectivity index (χ1v) is 11.0. The van der Waals surface area contributed by atoms with Crippen molar-refractivity contribution >= 4 is 39.4 Å². The van der Waals surface area contributed by atoms with Crippen LogP contribution in [0.2, 0.25) is 0 Å². The Hall–Kier alpha value is -1.89. The molecule has 148 valence electrons. The molecule has 7 heteroatoms. The average Bonchev–Trinajstić information content (AvgIpc) is 3.32. The van der Waals surface area contributed by atoms with Crippen LogP contribution in [-0.4, -0.2) is 46.7 Å². The van der Waals surface area contributed by atoms with E-state index < -0.39 is 0 Å². The van der Waals surface area contributed by atoms with Crippen LogP contribution in [0.15, 0.2) is 24.3 Å². The Bertz CT molecular complexity index is 837. The quantitative estimate of drug-likeness (QED) is 0.571. The van der Waals surface area contributed by atoms with E-state index in [1.54, 1.807) is 24.3 Å². The molecular weight excluding hydrogens is 424 g/mol. The highest BCUT2D eigenvalue weighted by Gasteiger charge is 2.67. The number of hydrogen-bond acceptors (Lipinski definition) is 4. The number of benzene rings is 1. The highest BCUT2D eigenvalue weighted by molar-refractivity contribution is 9.09. The number of anilines is 1. The van der Waals surface area contributed by atoms with Gasteiger partial charge in [-0.1, -0.05) is 22.0 Å². The van der Waals surface area contributed by atoms with Crippen molar-refractivity contribution in [2.24, 2.45) is 23.7 Å². The zero-order chi connectivity index (χ0) is 19.4. The van der Waals surface area contributed by atoms with Crippen LogP contribution < -0.4 is 5.32 Å². The lowest BCUT2D eigenvalue weighted by Crippen LogP contribution is -2.40. The first-order valence-electron chi connectivity index (χ1n) is 10.1. The van der Waals surface area contributed by atoms with E-state index in [1.165, 1.54) is 6.42 Å². The third kappa shape index (κ3) is 2.78. The molecule has 28 heavy (non-hydrogen) atoms. The number of halogens is 1. The molecule has 2 amide bonds. The lowest BCUT2D eigenvalue weighted by Gasteiger charge is -2.28. The SMILES string of the molecule is O=C(Nc1cccc(C(=O)N2CCCCC2)c1)[C@@H]1[C@H]2C[C@H]3[C@H](OC(=O)[C@@H]31)[C@H]2Br. The van der Waals surface area contributed by atoms with Gasteiger partial charge in [0.25, 0.3) is 5.91 Å². The van der Waals surface area contributed by atoms with Crippen LogP contribution >= 0.6 is 15.9 Å². The van der Waals surface area contributed by atoms with Gasteiger partial charge in [0.1, 0.15) is 6.10 Å². The second-order valence-corrected chi connectivity index (χ2v) is 9.44. The fourth-order valence-electron chi connectivity index (χ4n) is 5.57. The fraction of sp³-hybridized carbons (Fsp3) is 0.571. The molecule has 1 aromatic rings. The molecule has 1 N–H and O–H groups in total. The largest absolute Gasteiger partial charge is 0.461 e. The summed E-state index contributed by atoms with van der Waals surface area (Å²) in [7, 11) is 0. The summed E-state index contributed by atoms with van der Waals surface area (Å²) in [6, 6.07) is 7.11. The second-order valence-electron chi connectivity index (χ2n) is 8.38. The summed E-state index contributed by atoms with van der Waals surface area (Å²) in [4.78, 5) is 39.9. The molecule has 2 aliphatic carbocycles. The lowest BCUT2D eigenvalue weighted by atomic mass is 9.79. The van der Waals surface area contributed by atoms with E-state index in [4.69, 9.17) is 4.74 Å². The maximum absolute atomic E-state index is 13.0. The summed E-state index contributed by atoms with van der Waals surface area (Å²) < 4.78 is 5.48. The topological polar surface area (TPSA) is 75.7 Å². The third-order valence-electron chi connectivity index (χ3n) is 6.85. The molecule has 6 atom stereocenters. The molecule has 4 aliphatic rings. The van der Waals surface area contributed by atoms with Crippen LogP contribution in [0.5, 0.6) is 0 Å². The Labute approximate surface area is 172 Å². The summed E-state index contributed by atoms with van der Waals surface area (Å²) in [5.74, 6) is -0.827. The zero-order valence-corrected chi connectivity index (χ0v) is 17.1.